The Bertz CT molecular complexity index is 906. The molecule has 0 aromatic carbocycles. The van der Waals surface area contributed by atoms with E-state index in [1.807, 2.05) is 10.8 Å². The third-order valence-electron chi connectivity index (χ3n) is 3.84. The van der Waals surface area contributed by atoms with Gasteiger partial charge in [0.1, 0.15) is 0 Å². The van der Waals surface area contributed by atoms with Gasteiger partial charge < -0.3 is 0 Å². The lowest BCUT2D eigenvalue weighted by Gasteiger charge is -1.97. The van der Waals surface area contributed by atoms with Crippen LogP contribution in [0.15, 0.2) is 33.7 Å². The van der Waals surface area contributed by atoms with Crippen molar-refractivity contribution in [2.45, 2.75) is 12.8 Å². The van der Waals surface area contributed by atoms with Gasteiger partial charge in [0.05, 0.1) is 0 Å². The zero-order valence-corrected chi connectivity index (χ0v) is 15.7. The maximum atomic E-state index is 11.0. The molecule has 0 spiro atoms. The van der Waals surface area contributed by atoms with E-state index in [0.29, 0.717) is 0 Å². The number of thiophene rings is 4. The van der Waals surface area contributed by atoms with E-state index < -0.39 is 0 Å². The number of hydrogen-bond donors (Lipinski definition) is 0. The van der Waals surface area contributed by atoms with Crippen molar-refractivity contribution in [2.75, 3.05) is 0 Å². The summed E-state index contributed by atoms with van der Waals surface area (Å²) >= 11 is 6.73. The normalized spacial score (nSPS) is 11.2. The molecule has 0 aliphatic rings. The summed E-state index contributed by atoms with van der Waals surface area (Å²) in [5.41, 5.74) is 3.82. The van der Waals surface area contributed by atoms with E-state index in [1.54, 1.807) is 45.3 Å². The first-order valence-corrected chi connectivity index (χ1v) is 10.8. The molecule has 0 N–H and O–H groups in total. The summed E-state index contributed by atoms with van der Waals surface area (Å²) in [5.74, 6) is 0. The highest BCUT2D eigenvalue weighted by Gasteiger charge is 2.12. The summed E-state index contributed by atoms with van der Waals surface area (Å²) in [6, 6.07) is 4.46. The van der Waals surface area contributed by atoms with Crippen molar-refractivity contribution in [1.82, 2.24) is 0 Å². The third-order valence-corrected chi connectivity index (χ3v) is 7.76. The van der Waals surface area contributed by atoms with Crippen molar-refractivity contribution in [3.63, 3.8) is 0 Å². The van der Waals surface area contributed by atoms with Gasteiger partial charge in [0.15, 0.2) is 12.6 Å². The van der Waals surface area contributed by atoms with E-state index in [2.05, 4.69) is 22.9 Å². The van der Waals surface area contributed by atoms with E-state index in [1.165, 1.54) is 19.2 Å². The maximum Gasteiger partial charge on any atom is 0.151 e. The minimum atomic E-state index is 0.802. The smallest absolute Gasteiger partial charge is 0.151 e. The van der Waals surface area contributed by atoms with Gasteiger partial charge in [-0.25, -0.2) is 0 Å². The van der Waals surface area contributed by atoms with Crippen LogP contribution in [0.3, 0.4) is 0 Å². The Morgan fingerprint density at radius 2 is 1.17 bits per heavy atom. The molecule has 4 heterocycles. The van der Waals surface area contributed by atoms with Crippen LogP contribution in [0.1, 0.15) is 41.6 Å². The Balaban J connectivity index is 1.56. The second-order valence-corrected chi connectivity index (χ2v) is 9.27. The fourth-order valence-electron chi connectivity index (χ4n) is 2.65. The number of hydrogen-bond acceptors (Lipinski definition) is 6. The third kappa shape index (κ3) is 3.02. The number of fused-ring (bicyclic) bond motifs is 1. The SMILES string of the molecule is O=Cc1cscc1Cc1cc2sc(Cc3cscc3C=O)cc2s1. The molecule has 4 aromatic heterocycles. The summed E-state index contributed by atoms with van der Waals surface area (Å²) in [5, 5.41) is 7.92. The van der Waals surface area contributed by atoms with Gasteiger partial charge in [0.2, 0.25) is 0 Å². The van der Waals surface area contributed by atoms with Crippen LogP contribution in [0.25, 0.3) is 9.40 Å². The lowest BCUT2D eigenvalue weighted by atomic mass is 10.1. The van der Waals surface area contributed by atoms with Gasteiger partial charge in [0.25, 0.3) is 0 Å². The van der Waals surface area contributed by atoms with Gasteiger partial charge in [-0.05, 0) is 34.0 Å². The minimum absolute atomic E-state index is 0.802. The Morgan fingerprint density at radius 1 is 0.708 bits per heavy atom. The lowest BCUT2D eigenvalue weighted by molar-refractivity contribution is 0.111. The van der Waals surface area contributed by atoms with Crippen molar-refractivity contribution in [3.8, 4) is 0 Å². The van der Waals surface area contributed by atoms with Crippen molar-refractivity contribution >= 4 is 67.3 Å². The van der Waals surface area contributed by atoms with Gasteiger partial charge in [0, 0.05) is 53.9 Å². The van der Waals surface area contributed by atoms with Crippen molar-refractivity contribution < 1.29 is 9.59 Å². The fraction of sp³-hybridized carbons (Fsp3) is 0.111. The molecule has 120 valence electrons. The minimum Gasteiger partial charge on any atom is -0.298 e. The number of carbonyl (C=O) groups excluding carboxylic acids is 2. The van der Waals surface area contributed by atoms with Gasteiger partial charge >= 0.3 is 0 Å². The topological polar surface area (TPSA) is 34.1 Å². The fourth-order valence-corrected chi connectivity index (χ4v) is 6.75. The molecule has 4 rings (SSSR count). The summed E-state index contributed by atoms with van der Waals surface area (Å²) in [6.45, 7) is 0. The summed E-state index contributed by atoms with van der Waals surface area (Å²) in [7, 11) is 0. The monoisotopic (exact) mass is 388 g/mol. The summed E-state index contributed by atoms with van der Waals surface area (Å²) in [4.78, 5) is 24.6. The standard InChI is InChI=1S/C18H12O2S4/c19-5-13-9-21-7-11(13)1-15-3-17-18(23-15)4-16(24-17)2-12-8-22-10-14(12)6-20/h3-10H,1-2H2. The molecular formula is C18H12O2S4. The largest absolute Gasteiger partial charge is 0.298 e. The Labute approximate surface area is 155 Å². The van der Waals surface area contributed by atoms with Crippen LogP contribution in [0.4, 0.5) is 0 Å². The molecule has 0 fully saturated rings. The van der Waals surface area contributed by atoms with E-state index in [-0.39, 0.29) is 0 Å². The van der Waals surface area contributed by atoms with Crippen LogP contribution in [-0.2, 0) is 12.8 Å². The molecule has 24 heavy (non-hydrogen) atoms. The average molecular weight is 389 g/mol. The molecule has 0 radical (unpaired) electrons. The number of carbonyl (C=O) groups is 2. The van der Waals surface area contributed by atoms with E-state index in [9.17, 15) is 9.59 Å². The molecule has 0 saturated heterocycles. The molecule has 2 nitrogen and oxygen atoms in total. The molecule has 0 atom stereocenters. The van der Waals surface area contributed by atoms with E-state index in [4.69, 9.17) is 0 Å². The quantitative estimate of drug-likeness (QED) is 0.386. The Hall–Kier alpha value is -1.60. The Morgan fingerprint density at radius 3 is 1.58 bits per heavy atom. The van der Waals surface area contributed by atoms with Crippen LogP contribution < -0.4 is 0 Å². The summed E-state index contributed by atoms with van der Waals surface area (Å²) < 4.78 is 2.58. The first-order chi connectivity index (χ1) is 11.8. The highest BCUT2D eigenvalue weighted by Crippen LogP contribution is 2.36. The van der Waals surface area contributed by atoms with Crippen molar-refractivity contribution in [2.24, 2.45) is 0 Å². The molecule has 4 aromatic rings. The van der Waals surface area contributed by atoms with Gasteiger partial charge in [-0.3, -0.25) is 9.59 Å². The van der Waals surface area contributed by atoms with E-state index >= 15 is 0 Å². The van der Waals surface area contributed by atoms with Crippen molar-refractivity contribution in [3.05, 3.63) is 65.7 Å². The van der Waals surface area contributed by atoms with Crippen LogP contribution in [0.2, 0.25) is 0 Å². The second kappa shape index (κ2) is 6.72. The molecule has 0 aliphatic heterocycles. The number of rotatable bonds is 6. The van der Waals surface area contributed by atoms with Crippen LogP contribution in [0.5, 0.6) is 0 Å². The predicted octanol–water partition coefficient (Wildman–Crippen LogP) is 5.89. The lowest BCUT2D eigenvalue weighted by Crippen LogP contribution is -1.87. The van der Waals surface area contributed by atoms with Crippen LogP contribution in [-0.4, -0.2) is 12.6 Å². The molecule has 0 bridgehead atoms. The first-order valence-electron chi connectivity index (χ1n) is 7.28. The Kier molecular flexibility index (Phi) is 4.45. The van der Waals surface area contributed by atoms with Gasteiger partial charge in [-0.15, -0.1) is 22.7 Å². The maximum absolute atomic E-state index is 11.0. The second-order valence-electron chi connectivity index (χ2n) is 5.45. The highest BCUT2D eigenvalue weighted by molar-refractivity contribution is 7.27. The van der Waals surface area contributed by atoms with E-state index in [0.717, 1.165) is 47.7 Å². The molecule has 0 aliphatic carbocycles. The van der Waals surface area contributed by atoms with Crippen molar-refractivity contribution in [1.29, 1.82) is 0 Å². The van der Waals surface area contributed by atoms with Gasteiger partial charge in [-0.1, -0.05) is 0 Å². The van der Waals surface area contributed by atoms with Gasteiger partial charge in [-0.2, -0.15) is 22.7 Å². The van der Waals surface area contributed by atoms with Crippen LogP contribution >= 0.6 is 45.3 Å². The zero-order chi connectivity index (χ0) is 16.5. The molecule has 0 unspecified atom stereocenters. The molecule has 0 amide bonds. The van der Waals surface area contributed by atoms with Crippen LogP contribution in [0, 0.1) is 0 Å². The number of aldehydes is 2. The first kappa shape index (κ1) is 15.9. The highest BCUT2D eigenvalue weighted by atomic mass is 32.1. The molecule has 0 saturated carbocycles. The summed E-state index contributed by atoms with van der Waals surface area (Å²) in [6.07, 6.45) is 3.51. The predicted molar refractivity (Wildman–Crippen MR) is 105 cm³/mol. The molecule has 6 heteroatoms. The zero-order valence-electron chi connectivity index (χ0n) is 12.5. The average Bonchev–Trinajstić information content (AvgIpc) is 3.31. The molecular weight excluding hydrogens is 376 g/mol.